The fraction of sp³-hybridized carbons (Fsp3) is 0.300. The number of halogens is 3. The van der Waals surface area contributed by atoms with E-state index in [1.807, 2.05) is 24.6 Å². The van der Waals surface area contributed by atoms with E-state index in [-0.39, 0.29) is 6.54 Å². The SMILES string of the molecule is Cc1cccc(NC(=O)CN(C)C(=O)CNS(=O)(=O)c2cccc(C(F)(F)F)c2)c1C. The Hall–Kier alpha value is -2.92. The topological polar surface area (TPSA) is 95.6 Å². The van der Waals surface area contributed by atoms with Gasteiger partial charge in [-0.2, -0.15) is 13.2 Å². The molecular formula is C20H22F3N3O4S. The fourth-order valence-corrected chi connectivity index (χ4v) is 3.61. The highest BCUT2D eigenvalue weighted by molar-refractivity contribution is 7.89. The minimum Gasteiger partial charge on any atom is -0.335 e. The second-order valence-corrected chi connectivity index (χ2v) is 8.66. The maximum Gasteiger partial charge on any atom is 0.416 e. The van der Waals surface area contributed by atoms with E-state index in [2.05, 4.69) is 5.32 Å². The van der Waals surface area contributed by atoms with Crippen LogP contribution in [0.25, 0.3) is 0 Å². The number of benzene rings is 2. The van der Waals surface area contributed by atoms with Crippen LogP contribution < -0.4 is 10.0 Å². The van der Waals surface area contributed by atoms with E-state index >= 15 is 0 Å². The molecule has 0 heterocycles. The standard InChI is InChI=1S/C20H22F3N3O4S/c1-13-6-4-9-17(14(13)2)25-18(27)12-26(3)19(28)11-24-31(29,30)16-8-5-7-15(10-16)20(21,22)23/h4-10,24H,11-12H2,1-3H3,(H,25,27). The van der Waals surface area contributed by atoms with Crippen LogP contribution in [-0.4, -0.2) is 45.3 Å². The van der Waals surface area contributed by atoms with Crippen molar-refractivity contribution in [2.24, 2.45) is 0 Å². The number of rotatable bonds is 7. The molecule has 0 unspecified atom stereocenters. The second-order valence-electron chi connectivity index (χ2n) is 6.90. The van der Waals surface area contributed by atoms with Crippen molar-refractivity contribution in [1.29, 1.82) is 0 Å². The summed E-state index contributed by atoms with van der Waals surface area (Å²) in [7, 11) is -3.05. The number of carbonyl (C=O) groups is 2. The number of hydrogen-bond donors (Lipinski definition) is 2. The molecule has 2 rings (SSSR count). The Labute approximate surface area is 178 Å². The third-order valence-electron chi connectivity index (χ3n) is 4.57. The zero-order chi connectivity index (χ0) is 23.4. The van der Waals surface area contributed by atoms with Gasteiger partial charge in [0, 0.05) is 12.7 Å². The van der Waals surface area contributed by atoms with E-state index in [0.29, 0.717) is 11.8 Å². The lowest BCUT2D eigenvalue weighted by atomic mass is 10.1. The van der Waals surface area contributed by atoms with Crippen LogP contribution in [0, 0.1) is 13.8 Å². The Morgan fingerprint density at radius 3 is 2.35 bits per heavy atom. The molecule has 0 spiro atoms. The van der Waals surface area contributed by atoms with Crippen molar-refractivity contribution in [3.8, 4) is 0 Å². The van der Waals surface area contributed by atoms with Crippen molar-refractivity contribution in [3.63, 3.8) is 0 Å². The average Bonchev–Trinajstić information content (AvgIpc) is 2.69. The third kappa shape index (κ3) is 6.53. The molecule has 2 N–H and O–H groups in total. The number of aryl methyl sites for hydroxylation is 1. The van der Waals surface area contributed by atoms with Gasteiger partial charge in [0.25, 0.3) is 0 Å². The molecule has 0 saturated carbocycles. The molecule has 0 fully saturated rings. The number of carbonyl (C=O) groups excluding carboxylic acids is 2. The van der Waals surface area contributed by atoms with Crippen molar-refractivity contribution in [3.05, 3.63) is 59.2 Å². The van der Waals surface area contributed by atoms with Gasteiger partial charge in [-0.15, -0.1) is 0 Å². The summed E-state index contributed by atoms with van der Waals surface area (Å²) in [5.41, 5.74) is 1.32. The Morgan fingerprint density at radius 1 is 1.06 bits per heavy atom. The Kier molecular flexibility index (Phi) is 7.45. The van der Waals surface area contributed by atoms with E-state index in [0.717, 1.165) is 34.2 Å². The molecule has 0 aliphatic heterocycles. The van der Waals surface area contributed by atoms with Gasteiger partial charge >= 0.3 is 6.18 Å². The summed E-state index contributed by atoms with van der Waals surface area (Å²) < 4.78 is 64.8. The van der Waals surface area contributed by atoms with Crippen LogP contribution in [0.1, 0.15) is 16.7 Å². The predicted octanol–water partition coefficient (Wildman–Crippen LogP) is 2.70. The highest BCUT2D eigenvalue weighted by Crippen LogP contribution is 2.30. The number of nitrogens with zero attached hydrogens (tertiary/aromatic N) is 1. The van der Waals surface area contributed by atoms with Crippen LogP contribution in [0.2, 0.25) is 0 Å². The first-order valence-electron chi connectivity index (χ1n) is 9.08. The quantitative estimate of drug-likeness (QED) is 0.668. The largest absolute Gasteiger partial charge is 0.416 e. The van der Waals surface area contributed by atoms with Gasteiger partial charge in [0.05, 0.1) is 23.5 Å². The Morgan fingerprint density at radius 2 is 1.71 bits per heavy atom. The predicted molar refractivity (Wildman–Crippen MR) is 109 cm³/mol. The van der Waals surface area contributed by atoms with E-state index in [1.54, 1.807) is 12.1 Å². The molecule has 2 amide bonds. The lowest BCUT2D eigenvalue weighted by molar-refractivity contribution is -0.137. The number of hydrogen-bond acceptors (Lipinski definition) is 4. The lowest BCUT2D eigenvalue weighted by Gasteiger charge is -2.18. The maximum absolute atomic E-state index is 12.8. The number of nitrogens with one attached hydrogen (secondary N) is 2. The van der Waals surface area contributed by atoms with Gasteiger partial charge in [0.1, 0.15) is 0 Å². The van der Waals surface area contributed by atoms with Crippen LogP contribution >= 0.6 is 0 Å². The zero-order valence-electron chi connectivity index (χ0n) is 17.1. The molecular weight excluding hydrogens is 435 g/mol. The first-order valence-corrected chi connectivity index (χ1v) is 10.6. The van der Waals surface area contributed by atoms with Crippen molar-refractivity contribution in [2.45, 2.75) is 24.9 Å². The summed E-state index contributed by atoms with van der Waals surface area (Å²) in [6.45, 7) is 2.67. The highest BCUT2D eigenvalue weighted by atomic mass is 32.2. The number of likely N-dealkylation sites (N-methyl/N-ethyl adjacent to an activating group) is 1. The minimum atomic E-state index is -4.70. The molecule has 0 saturated heterocycles. The summed E-state index contributed by atoms with van der Waals surface area (Å²) in [6.07, 6.45) is -4.70. The summed E-state index contributed by atoms with van der Waals surface area (Å²) in [5.74, 6) is -1.21. The molecule has 0 aliphatic rings. The fourth-order valence-electron chi connectivity index (χ4n) is 2.59. The van der Waals surface area contributed by atoms with Crippen molar-refractivity contribution < 1.29 is 31.2 Å². The number of anilines is 1. The van der Waals surface area contributed by atoms with E-state index in [4.69, 9.17) is 0 Å². The van der Waals surface area contributed by atoms with Crippen LogP contribution in [0.3, 0.4) is 0 Å². The molecule has 0 bridgehead atoms. The molecule has 0 atom stereocenters. The smallest absolute Gasteiger partial charge is 0.335 e. The van der Waals surface area contributed by atoms with Gasteiger partial charge < -0.3 is 10.2 Å². The molecule has 2 aromatic carbocycles. The third-order valence-corrected chi connectivity index (χ3v) is 5.97. The molecule has 11 heteroatoms. The highest BCUT2D eigenvalue weighted by Gasteiger charge is 2.31. The Bertz CT molecular complexity index is 1090. The average molecular weight is 457 g/mol. The van der Waals surface area contributed by atoms with Gasteiger partial charge in [-0.25, -0.2) is 13.1 Å². The zero-order valence-corrected chi connectivity index (χ0v) is 17.9. The molecule has 2 aromatic rings. The monoisotopic (exact) mass is 457 g/mol. The molecule has 31 heavy (non-hydrogen) atoms. The van der Waals surface area contributed by atoms with Crippen molar-refractivity contribution >= 4 is 27.5 Å². The molecule has 0 aliphatic carbocycles. The van der Waals surface area contributed by atoms with E-state index in [1.165, 1.54) is 7.05 Å². The van der Waals surface area contributed by atoms with Gasteiger partial charge in [0.2, 0.25) is 21.8 Å². The summed E-state index contributed by atoms with van der Waals surface area (Å²) in [4.78, 5) is 24.8. The van der Waals surface area contributed by atoms with Crippen LogP contribution in [0.5, 0.6) is 0 Å². The first-order chi connectivity index (χ1) is 14.3. The van der Waals surface area contributed by atoms with Crippen LogP contribution in [0.4, 0.5) is 18.9 Å². The minimum absolute atomic E-state index is 0.336. The van der Waals surface area contributed by atoms with E-state index < -0.39 is 45.0 Å². The van der Waals surface area contributed by atoms with Gasteiger partial charge in [-0.05, 0) is 49.2 Å². The normalized spacial score (nSPS) is 11.8. The number of sulfonamides is 1. The van der Waals surface area contributed by atoms with Crippen molar-refractivity contribution in [1.82, 2.24) is 9.62 Å². The summed E-state index contributed by atoms with van der Waals surface area (Å²) in [6, 6.07) is 8.55. The van der Waals surface area contributed by atoms with E-state index in [9.17, 15) is 31.2 Å². The molecule has 0 radical (unpaired) electrons. The van der Waals surface area contributed by atoms with Gasteiger partial charge in [0.15, 0.2) is 0 Å². The molecule has 168 valence electrons. The summed E-state index contributed by atoms with van der Waals surface area (Å²) >= 11 is 0. The second kappa shape index (κ2) is 9.48. The number of alkyl halides is 3. The number of amides is 2. The van der Waals surface area contributed by atoms with Crippen LogP contribution in [-0.2, 0) is 25.8 Å². The first kappa shape index (κ1) is 24.4. The summed E-state index contributed by atoms with van der Waals surface area (Å²) in [5, 5.41) is 2.68. The molecule has 7 nitrogen and oxygen atoms in total. The Balaban J connectivity index is 1.97. The van der Waals surface area contributed by atoms with Crippen molar-refractivity contribution in [2.75, 3.05) is 25.5 Å². The lowest BCUT2D eigenvalue weighted by Crippen LogP contribution is -2.41. The van der Waals surface area contributed by atoms with Gasteiger partial charge in [-0.1, -0.05) is 18.2 Å². The molecule has 0 aromatic heterocycles. The van der Waals surface area contributed by atoms with Crippen LogP contribution in [0.15, 0.2) is 47.4 Å². The maximum atomic E-state index is 12.8. The van der Waals surface area contributed by atoms with Gasteiger partial charge in [-0.3, -0.25) is 9.59 Å².